The molecule has 0 saturated heterocycles. The fourth-order valence-corrected chi connectivity index (χ4v) is 3.06. The van der Waals surface area contributed by atoms with E-state index < -0.39 is 0 Å². The van der Waals surface area contributed by atoms with Gasteiger partial charge in [-0.15, -0.1) is 0 Å². The summed E-state index contributed by atoms with van der Waals surface area (Å²) in [7, 11) is 0. The van der Waals surface area contributed by atoms with Crippen LogP contribution in [0.3, 0.4) is 0 Å². The Balaban J connectivity index is 2.10. The summed E-state index contributed by atoms with van der Waals surface area (Å²) in [5.74, 6) is 0. The predicted molar refractivity (Wildman–Crippen MR) is 60.7 cm³/mol. The summed E-state index contributed by atoms with van der Waals surface area (Å²) in [6, 6.07) is 10.8. The van der Waals surface area contributed by atoms with Crippen LogP contribution in [0.4, 0.5) is 0 Å². The van der Waals surface area contributed by atoms with Crippen molar-refractivity contribution in [3.8, 4) is 0 Å². The fraction of sp³-hybridized carbons (Fsp3) is 0.333. The average molecular weight is 239 g/mol. The Morgan fingerprint density at radius 2 is 1.92 bits per heavy atom. The zero-order valence-corrected chi connectivity index (χ0v) is 9.62. The minimum atomic E-state index is 0.683. The van der Waals surface area contributed by atoms with Gasteiger partial charge in [0, 0.05) is 0 Å². The van der Waals surface area contributed by atoms with Crippen LogP contribution >= 0.6 is 0 Å². The van der Waals surface area contributed by atoms with E-state index in [1.54, 1.807) is 0 Å². The molecule has 0 saturated carbocycles. The average Bonchev–Trinajstić information content (AvgIpc) is 2.19. The second-order valence-electron chi connectivity index (χ2n) is 2.95. The van der Waals surface area contributed by atoms with E-state index >= 15 is 0 Å². The van der Waals surface area contributed by atoms with E-state index in [9.17, 15) is 0 Å². The number of allylic oxidation sites excluding steroid dienone is 1. The number of benzene rings is 1. The summed E-state index contributed by atoms with van der Waals surface area (Å²) < 4.78 is 1.52. The van der Waals surface area contributed by atoms with E-state index in [2.05, 4.69) is 36.9 Å². The Labute approximate surface area is 87.2 Å². The summed E-state index contributed by atoms with van der Waals surface area (Å²) in [4.78, 5) is 0. The molecule has 1 aromatic rings. The summed E-state index contributed by atoms with van der Waals surface area (Å²) in [6.07, 6.45) is 5.83. The number of hydrogen-bond acceptors (Lipinski definition) is 0. The zero-order valence-electron chi connectivity index (χ0n) is 7.91. The van der Waals surface area contributed by atoms with E-state index in [0.717, 1.165) is 0 Å². The van der Waals surface area contributed by atoms with Crippen LogP contribution in [0, 0.1) is 0 Å². The van der Waals surface area contributed by atoms with Crippen LogP contribution in [0.5, 0.6) is 0 Å². The molecule has 1 heteroatoms. The number of rotatable bonds is 6. The van der Waals surface area contributed by atoms with Crippen LogP contribution in [0.2, 0.25) is 5.32 Å². The molecule has 0 heterocycles. The van der Waals surface area contributed by atoms with Gasteiger partial charge in [0.25, 0.3) is 0 Å². The molecule has 0 bridgehead atoms. The molecule has 13 heavy (non-hydrogen) atoms. The summed E-state index contributed by atoms with van der Waals surface area (Å²) in [5.41, 5.74) is 0. The van der Waals surface area contributed by atoms with Gasteiger partial charge in [0.2, 0.25) is 0 Å². The maximum absolute atomic E-state index is 3.72. The normalized spacial score (nSPS) is 9.85. The third-order valence-electron chi connectivity index (χ3n) is 1.81. The molecule has 0 atom stereocenters. The van der Waals surface area contributed by atoms with Gasteiger partial charge in [-0.1, -0.05) is 0 Å². The molecule has 1 rings (SSSR count). The van der Waals surface area contributed by atoms with E-state index in [1.807, 2.05) is 6.08 Å². The van der Waals surface area contributed by atoms with Crippen LogP contribution in [-0.2, 0) is 0 Å². The van der Waals surface area contributed by atoms with Crippen molar-refractivity contribution < 1.29 is 0 Å². The molecule has 0 fully saturated rings. The van der Waals surface area contributed by atoms with Crippen LogP contribution in [0.15, 0.2) is 43.0 Å². The van der Waals surface area contributed by atoms with Crippen molar-refractivity contribution in [2.24, 2.45) is 0 Å². The van der Waals surface area contributed by atoms with Gasteiger partial charge >= 0.3 is 87.0 Å². The first-order valence-electron chi connectivity index (χ1n) is 4.72. The van der Waals surface area contributed by atoms with Gasteiger partial charge in [0.1, 0.15) is 0 Å². The van der Waals surface area contributed by atoms with Gasteiger partial charge in [-0.25, -0.2) is 0 Å². The molecule has 1 aromatic carbocycles. The van der Waals surface area contributed by atoms with Crippen molar-refractivity contribution in [1.82, 2.24) is 0 Å². The number of hydrogen-bond donors (Lipinski definition) is 0. The Hall–Kier alpha value is -0.521. The molecule has 0 spiro atoms. The first-order chi connectivity index (χ1) is 6.43. The van der Waals surface area contributed by atoms with Crippen molar-refractivity contribution in [2.45, 2.75) is 24.6 Å². The molecular formula is C12H16Se. The molecule has 0 nitrogen and oxygen atoms in total. The van der Waals surface area contributed by atoms with E-state index in [1.165, 1.54) is 29.0 Å². The Morgan fingerprint density at radius 3 is 2.62 bits per heavy atom. The molecule has 0 N–H and O–H groups in total. The molecule has 0 aromatic heterocycles. The monoisotopic (exact) mass is 240 g/mol. The first kappa shape index (κ1) is 10.6. The predicted octanol–water partition coefficient (Wildman–Crippen LogP) is 2.79. The molecule has 0 aliphatic carbocycles. The third kappa shape index (κ3) is 4.92. The Kier molecular flexibility index (Phi) is 5.64. The molecule has 0 unspecified atom stereocenters. The summed E-state index contributed by atoms with van der Waals surface area (Å²) in [6.45, 7) is 3.72. The quantitative estimate of drug-likeness (QED) is 0.407. The van der Waals surface area contributed by atoms with Crippen LogP contribution in [-0.4, -0.2) is 15.0 Å². The van der Waals surface area contributed by atoms with Crippen LogP contribution in [0.1, 0.15) is 19.3 Å². The van der Waals surface area contributed by atoms with Crippen molar-refractivity contribution >= 4 is 19.4 Å². The fourth-order valence-electron chi connectivity index (χ4n) is 1.10. The van der Waals surface area contributed by atoms with E-state index in [-0.39, 0.29) is 0 Å². The van der Waals surface area contributed by atoms with Crippen molar-refractivity contribution in [3.05, 3.63) is 43.0 Å². The van der Waals surface area contributed by atoms with Gasteiger partial charge < -0.3 is 0 Å². The van der Waals surface area contributed by atoms with E-state index in [0.29, 0.717) is 15.0 Å². The van der Waals surface area contributed by atoms with E-state index in [4.69, 9.17) is 0 Å². The molecule has 0 aliphatic heterocycles. The zero-order chi connectivity index (χ0) is 9.36. The summed E-state index contributed by atoms with van der Waals surface area (Å²) >= 11 is 0.683. The molecule has 0 aliphatic rings. The topological polar surface area (TPSA) is 0 Å². The standard InChI is InChI=1S/C12H16Se/c1-2-3-4-8-11-13-12-9-6-5-7-10-12/h2,5-7,9-10H,1,3-4,8,11H2. The number of unbranched alkanes of at least 4 members (excludes halogenated alkanes) is 2. The molecule has 0 radical (unpaired) electrons. The minimum absolute atomic E-state index is 0.683. The molecular weight excluding hydrogens is 223 g/mol. The van der Waals surface area contributed by atoms with Crippen molar-refractivity contribution in [1.29, 1.82) is 0 Å². The molecule has 70 valence electrons. The molecule has 0 amide bonds. The van der Waals surface area contributed by atoms with Crippen molar-refractivity contribution in [2.75, 3.05) is 0 Å². The van der Waals surface area contributed by atoms with Crippen LogP contribution < -0.4 is 4.46 Å². The Morgan fingerprint density at radius 1 is 1.15 bits per heavy atom. The van der Waals surface area contributed by atoms with Gasteiger partial charge in [-0.2, -0.15) is 0 Å². The van der Waals surface area contributed by atoms with Gasteiger partial charge in [0.15, 0.2) is 0 Å². The summed E-state index contributed by atoms with van der Waals surface area (Å²) in [5, 5.41) is 1.37. The second kappa shape index (κ2) is 6.94. The first-order valence-corrected chi connectivity index (χ1v) is 6.79. The Bertz CT molecular complexity index is 228. The maximum atomic E-state index is 3.72. The SMILES string of the molecule is C=CCCCC[Se]c1ccccc1. The van der Waals surface area contributed by atoms with Gasteiger partial charge in [-0.3, -0.25) is 0 Å². The van der Waals surface area contributed by atoms with Gasteiger partial charge in [0.05, 0.1) is 0 Å². The van der Waals surface area contributed by atoms with Gasteiger partial charge in [-0.05, 0) is 0 Å². The van der Waals surface area contributed by atoms with Crippen LogP contribution in [0.25, 0.3) is 0 Å². The third-order valence-corrected chi connectivity index (χ3v) is 4.12. The van der Waals surface area contributed by atoms with Crippen molar-refractivity contribution in [3.63, 3.8) is 0 Å². The second-order valence-corrected chi connectivity index (χ2v) is 5.40.